The van der Waals surface area contributed by atoms with E-state index in [9.17, 15) is 9.18 Å². The number of rotatable bonds is 6. The van der Waals surface area contributed by atoms with Gasteiger partial charge in [0.2, 0.25) is 5.91 Å². The Balaban J connectivity index is 2.12. The topological polar surface area (TPSA) is 32.3 Å². The fourth-order valence-corrected chi connectivity index (χ4v) is 2.80. The molecule has 0 aromatic heterocycles. The van der Waals surface area contributed by atoms with Gasteiger partial charge in [-0.2, -0.15) is 0 Å². The van der Waals surface area contributed by atoms with E-state index in [0.29, 0.717) is 5.56 Å². The first-order valence-electron chi connectivity index (χ1n) is 7.44. The second-order valence-corrected chi connectivity index (χ2v) is 5.45. The largest absolute Gasteiger partial charge is 0.319 e. The molecule has 1 aromatic rings. The molecule has 1 aliphatic heterocycles. The number of amides is 1. The van der Waals surface area contributed by atoms with Crippen molar-refractivity contribution < 1.29 is 9.18 Å². The lowest BCUT2D eigenvalue weighted by molar-refractivity contribution is -0.130. The number of hydrogen-bond acceptors (Lipinski definition) is 2. The first kappa shape index (κ1) is 15.0. The molecule has 2 rings (SSSR count). The highest BCUT2D eigenvalue weighted by atomic mass is 19.1. The van der Waals surface area contributed by atoms with Gasteiger partial charge in [0, 0.05) is 11.6 Å². The van der Waals surface area contributed by atoms with Gasteiger partial charge in [-0.25, -0.2) is 4.39 Å². The Bertz CT molecular complexity index is 464. The average molecular weight is 278 g/mol. The first-order chi connectivity index (χ1) is 9.65. The predicted molar refractivity (Wildman–Crippen MR) is 77.6 cm³/mol. The van der Waals surface area contributed by atoms with Crippen molar-refractivity contribution in [3.63, 3.8) is 0 Å². The molecule has 0 aliphatic carbocycles. The summed E-state index contributed by atoms with van der Waals surface area (Å²) in [5.74, 6) is -0.201. The lowest BCUT2D eigenvalue weighted by atomic mass is 10.1. The SMILES string of the molecule is CCCCCC(C)N1C(=O)CNC1c1ccccc1F. The third kappa shape index (κ3) is 3.18. The summed E-state index contributed by atoms with van der Waals surface area (Å²) in [6.07, 6.45) is 4.07. The number of hydrogen-bond donors (Lipinski definition) is 1. The van der Waals surface area contributed by atoms with E-state index >= 15 is 0 Å². The summed E-state index contributed by atoms with van der Waals surface area (Å²) >= 11 is 0. The van der Waals surface area contributed by atoms with E-state index < -0.39 is 0 Å². The molecule has 0 spiro atoms. The predicted octanol–water partition coefficient (Wildman–Crippen LogP) is 3.22. The zero-order chi connectivity index (χ0) is 14.5. The van der Waals surface area contributed by atoms with Crippen molar-refractivity contribution in [1.82, 2.24) is 10.2 Å². The van der Waals surface area contributed by atoms with Gasteiger partial charge in [-0.15, -0.1) is 0 Å². The molecule has 0 bridgehead atoms. The van der Waals surface area contributed by atoms with Crippen molar-refractivity contribution in [2.45, 2.75) is 51.7 Å². The van der Waals surface area contributed by atoms with Crippen molar-refractivity contribution in [3.8, 4) is 0 Å². The number of nitrogens with zero attached hydrogens (tertiary/aromatic N) is 1. The molecule has 1 fully saturated rings. The molecule has 1 saturated heterocycles. The normalized spacial score (nSPS) is 20.4. The Labute approximate surface area is 120 Å². The van der Waals surface area contributed by atoms with E-state index in [2.05, 4.69) is 19.2 Å². The molecule has 1 heterocycles. The minimum atomic E-state index is -0.333. The van der Waals surface area contributed by atoms with Crippen molar-refractivity contribution in [2.24, 2.45) is 0 Å². The Morgan fingerprint density at radius 2 is 2.15 bits per heavy atom. The van der Waals surface area contributed by atoms with Crippen LogP contribution in [0.1, 0.15) is 51.3 Å². The van der Waals surface area contributed by atoms with Gasteiger partial charge in [-0.05, 0) is 19.4 Å². The van der Waals surface area contributed by atoms with Gasteiger partial charge in [0.1, 0.15) is 12.0 Å². The second kappa shape index (κ2) is 6.84. The third-order valence-electron chi connectivity index (χ3n) is 3.91. The van der Waals surface area contributed by atoms with E-state index in [0.717, 1.165) is 19.3 Å². The fraction of sp³-hybridized carbons (Fsp3) is 0.562. The van der Waals surface area contributed by atoms with Gasteiger partial charge in [0.25, 0.3) is 0 Å². The smallest absolute Gasteiger partial charge is 0.238 e. The number of carbonyl (C=O) groups excluding carboxylic acids is 1. The molecular formula is C16H23FN2O. The molecule has 2 unspecified atom stereocenters. The van der Waals surface area contributed by atoms with E-state index in [4.69, 9.17) is 0 Å². The van der Waals surface area contributed by atoms with Gasteiger partial charge < -0.3 is 4.90 Å². The van der Waals surface area contributed by atoms with Gasteiger partial charge in [-0.3, -0.25) is 10.1 Å². The Hall–Kier alpha value is -1.42. The first-order valence-corrected chi connectivity index (χ1v) is 7.44. The maximum absolute atomic E-state index is 13.9. The van der Waals surface area contributed by atoms with Crippen LogP contribution >= 0.6 is 0 Å². The number of carbonyl (C=O) groups is 1. The van der Waals surface area contributed by atoms with Gasteiger partial charge in [0.05, 0.1) is 6.54 Å². The molecule has 0 radical (unpaired) electrons. The summed E-state index contributed by atoms with van der Waals surface area (Å²) in [5.41, 5.74) is 0.556. The molecule has 110 valence electrons. The molecule has 0 saturated carbocycles. The average Bonchev–Trinajstić information content (AvgIpc) is 2.81. The summed E-state index contributed by atoms with van der Waals surface area (Å²) in [6.45, 7) is 4.50. The van der Waals surface area contributed by atoms with E-state index in [-0.39, 0.29) is 30.5 Å². The van der Waals surface area contributed by atoms with Gasteiger partial charge >= 0.3 is 0 Å². The van der Waals surface area contributed by atoms with Crippen LogP contribution in [0.3, 0.4) is 0 Å². The Morgan fingerprint density at radius 1 is 1.40 bits per heavy atom. The van der Waals surface area contributed by atoms with Gasteiger partial charge in [-0.1, -0.05) is 44.4 Å². The standard InChI is InChI=1S/C16H23FN2O/c1-3-4-5-8-12(2)19-15(20)11-18-16(19)13-9-6-7-10-14(13)17/h6-7,9-10,12,16,18H,3-5,8,11H2,1-2H3. The summed E-state index contributed by atoms with van der Waals surface area (Å²) in [6, 6.07) is 6.80. The maximum atomic E-state index is 13.9. The zero-order valence-corrected chi connectivity index (χ0v) is 12.2. The van der Waals surface area contributed by atoms with Crippen LogP contribution in [0.4, 0.5) is 4.39 Å². The molecule has 1 N–H and O–H groups in total. The number of unbranched alkanes of at least 4 members (excludes halogenated alkanes) is 2. The van der Waals surface area contributed by atoms with Crippen molar-refractivity contribution in [3.05, 3.63) is 35.6 Å². The van der Waals surface area contributed by atoms with E-state index in [1.807, 2.05) is 6.07 Å². The second-order valence-electron chi connectivity index (χ2n) is 5.45. The summed E-state index contributed by atoms with van der Waals surface area (Å²) in [4.78, 5) is 13.9. The minimum Gasteiger partial charge on any atom is -0.319 e. The molecule has 1 aromatic carbocycles. The van der Waals surface area contributed by atoms with E-state index in [1.54, 1.807) is 17.0 Å². The van der Waals surface area contributed by atoms with Crippen LogP contribution in [-0.4, -0.2) is 23.4 Å². The molecular weight excluding hydrogens is 255 g/mol. The highest BCUT2D eigenvalue weighted by molar-refractivity contribution is 5.81. The van der Waals surface area contributed by atoms with Crippen molar-refractivity contribution in [2.75, 3.05) is 6.54 Å². The van der Waals surface area contributed by atoms with Gasteiger partial charge in [0.15, 0.2) is 0 Å². The lowest BCUT2D eigenvalue weighted by Crippen LogP contribution is -2.38. The Morgan fingerprint density at radius 3 is 2.85 bits per heavy atom. The molecule has 1 amide bonds. The molecule has 4 heteroatoms. The zero-order valence-electron chi connectivity index (χ0n) is 12.2. The lowest BCUT2D eigenvalue weighted by Gasteiger charge is -2.31. The number of nitrogens with one attached hydrogen (secondary N) is 1. The minimum absolute atomic E-state index is 0.0576. The highest BCUT2D eigenvalue weighted by Crippen LogP contribution is 2.28. The summed E-state index contributed by atoms with van der Waals surface area (Å²) in [7, 11) is 0. The number of halogens is 1. The van der Waals surface area contributed by atoms with Crippen LogP contribution in [0.25, 0.3) is 0 Å². The summed E-state index contributed by atoms with van der Waals surface area (Å²) < 4.78 is 13.9. The van der Waals surface area contributed by atoms with Crippen LogP contribution < -0.4 is 5.32 Å². The van der Waals surface area contributed by atoms with Crippen LogP contribution in [0.2, 0.25) is 0 Å². The fourth-order valence-electron chi connectivity index (χ4n) is 2.80. The van der Waals surface area contributed by atoms with Crippen LogP contribution in [0, 0.1) is 5.82 Å². The van der Waals surface area contributed by atoms with Crippen LogP contribution in [0.15, 0.2) is 24.3 Å². The molecule has 20 heavy (non-hydrogen) atoms. The molecule has 1 aliphatic rings. The monoisotopic (exact) mass is 278 g/mol. The maximum Gasteiger partial charge on any atom is 0.238 e. The third-order valence-corrected chi connectivity index (χ3v) is 3.91. The molecule has 2 atom stereocenters. The quantitative estimate of drug-likeness (QED) is 0.810. The summed E-state index contributed by atoms with van der Waals surface area (Å²) in [5, 5.41) is 3.12. The van der Waals surface area contributed by atoms with Crippen molar-refractivity contribution in [1.29, 1.82) is 0 Å². The highest BCUT2D eigenvalue weighted by Gasteiger charge is 2.35. The van der Waals surface area contributed by atoms with E-state index in [1.165, 1.54) is 12.5 Å². The van der Waals surface area contributed by atoms with Crippen LogP contribution in [0.5, 0.6) is 0 Å². The Kier molecular flexibility index (Phi) is 5.12. The van der Waals surface area contributed by atoms with Crippen LogP contribution in [-0.2, 0) is 4.79 Å². The van der Waals surface area contributed by atoms with Crippen molar-refractivity contribution >= 4 is 5.91 Å². The molecule has 3 nitrogen and oxygen atoms in total. The number of benzene rings is 1.